The van der Waals surface area contributed by atoms with Crippen molar-refractivity contribution in [3.05, 3.63) is 36.5 Å². The van der Waals surface area contributed by atoms with Crippen molar-refractivity contribution in [3.63, 3.8) is 0 Å². The standard InChI is InChI=1S/C15H17N7OS/c23-15(19-12-8-18-20-13(12)14-17-4-7-24-14)22-5-1-2-11(22)9-21-6-3-16-10-21/h3-4,6-8,10-11H,1-2,5,9H2,(H,18,20)(H,19,23). The number of aromatic amines is 1. The third-order valence-corrected chi connectivity index (χ3v) is 4.94. The van der Waals surface area contributed by atoms with Crippen molar-refractivity contribution in [3.8, 4) is 10.7 Å². The van der Waals surface area contributed by atoms with Gasteiger partial charge in [0, 0.05) is 37.1 Å². The zero-order valence-corrected chi connectivity index (χ0v) is 13.7. The summed E-state index contributed by atoms with van der Waals surface area (Å²) in [6, 6.07) is 0.0752. The molecule has 1 atom stereocenters. The van der Waals surface area contributed by atoms with Gasteiger partial charge in [0.2, 0.25) is 0 Å². The van der Waals surface area contributed by atoms with Crippen molar-refractivity contribution < 1.29 is 4.79 Å². The Balaban J connectivity index is 1.47. The van der Waals surface area contributed by atoms with Crippen LogP contribution >= 0.6 is 11.3 Å². The van der Waals surface area contributed by atoms with Gasteiger partial charge < -0.3 is 14.8 Å². The van der Waals surface area contributed by atoms with Crippen LogP contribution in [0.25, 0.3) is 10.7 Å². The molecule has 0 aromatic carbocycles. The first-order valence-corrected chi connectivity index (χ1v) is 8.66. The number of urea groups is 1. The summed E-state index contributed by atoms with van der Waals surface area (Å²) >= 11 is 1.50. The molecule has 1 unspecified atom stereocenters. The van der Waals surface area contributed by atoms with E-state index < -0.39 is 0 Å². The molecule has 4 heterocycles. The van der Waals surface area contributed by atoms with E-state index in [-0.39, 0.29) is 12.1 Å². The Morgan fingerprint density at radius 1 is 1.46 bits per heavy atom. The molecule has 0 saturated carbocycles. The van der Waals surface area contributed by atoms with Gasteiger partial charge >= 0.3 is 6.03 Å². The summed E-state index contributed by atoms with van der Waals surface area (Å²) in [4.78, 5) is 22.9. The van der Waals surface area contributed by atoms with Gasteiger partial charge in [-0.3, -0.25) is 5.10 Å². The fraction of sp³-hybridized carbons (Fsp3) is 0.333. The molecule has 0 bridgehead atoms. The quantitative estimate of drug-likeness (QED) is 0.761. The number of amides is 2. The molecule has 8 nitrogen and oxygen atoms in total. The number of carbonyl (C=O) groups excluding carboxylic acids is 1. The van der Waals surface area contributed by atoms with E-state index in [2.05, 4.69) is 25.5 Å². The Labute approximate surface area is 142 Å². The number of rotatable bonds is 4. The van der Waals surface area contributed by atoms with Crippen LogP contribution in [0.2, 0.25) is 0 Å². The van der Waals surface area contributed by atoms with Crippen molar-refractivity contribution in [2.75, 3.05) is 11.9 Å². The molecule has 3 aromatic rings. The number of hydrogen-bond acceptors (Lipinski definition) is 5. The molecule has 1 aliphatic rings. The van der Waals surface area contributed by atoms with Crippen LogP contribution in [-0.4, -0.2) is 48.3 Å². The van der Waals surface area contributed by atoms with Gasteiger partial charge in [0.25, 0.3) is 0 Å². The lowest BCUT2D eigenvalue weighted by molar-refractivity contribution is 0.201. The Hall–Kier alpha value is -2.68. The van der Waals surface area contributed by atoms with Crippen LogP contribution in [0.15, 0.2) is 36.5 Å². The van der Waals surface area contributed by atoms with Crippen molar-refractivity contribution in [1.29, 1.82) is 0 Å². The van der Waals surface area contributed by atoms with E-state index in [1.165, 1.54) is 11.3 Å². The molecule has 1 saturated heterocycles. The number of H-pyrrole nitrogens is 1. The molecule has 0 aliphatic carbocycles. The van der Waals surface area contributed by atoms with Gasteiger partial charge in [0.15, 0.2) is 0 Å². The summed E-state index contributed by atoms with van der Waals surface area (Å²) in [5.41, 5.74) is 1.40. The van der Waals surface area contributed by atoms with Gasteiger partial charge in [0.1, 0.15) is 10.7 Å². The van der Waals surface area contributed by atoms with Crippen LogP contribution in [-0.2, 0) is 6.54 Å². The molecule has 4 rings (SSSR count). The lowest BCUT2D eigenvalue weighted by atomic mass is 10.2. The maximum Gasteiger partial charge on any atom is 0.322 e. The fourth-order valence-corrected chi connectivity index (χ4v) is 3.65. The highest BCUT2D eigenvalue weighted by atomic mass is 32.1. The lowest BCUT2D eigenvalue weighted by Gasteiger charge is -2.25. The molecule has 1 aliphatic heterocycles. The monoisotopic (exact) mass is 343 g/mol. The van der Waals surface area contributed by atoms with Gasteiger partial charge in [-0.15, -0.1) is 11.3 Å². The highest BCUT2D eigenvalue weighted by Crippen LogP contribution is 2.28. The SMILES string of the molecule is O=C(Nc1cn[nH]c1-c1nccs1)N1CCCC1Cn1ccnc1. The minimum absolute atomic E-state index is 0.100. The minimum atomic E-state index is -0.100. The molecule has 124 valence electrons. The number of thiazole rings is 1. The smallest absolute Gasteiger partial charge is 0.322 e. The molecule has 2 N–H and O–H groups in total. The maximum atomic E-state index is 12.7. The number of carbonyl (C=O) groups is 1. The highest BCUT2D eigenvalue weighted by molar-refractivity contribution is 7.13. The van der Waals surface area contributed by atoms with E-state index in [0.717, 1.165) is 36.6 Å². The van der Waals surface area contributed by atoms with Gasteiger partial charge in [-0.2, -0.15) is 5.10 Å². The van der Waals surface area contributed by atoms with Crippen LogP contribution in [0.1, 0.15) is 12.8 Å². The van der Waals surface area contributed by atoms with E-state index in [4.69, 9.17) is 0 Å². The molecule has 0 radical (unpaired) electrons. The second kappa shape index (κ2) is 6.44. The third kappa shape index (κ3) is 2.90. The molecular weight excluding hydrogens is 326 g/mol. The van der Waals surface area contributed by atoms with Crippen molar-refractivity contribution in [2.24, 2.45) is 0 Å². The van der Waals surface area contributed by atoms with Crippen LogP contribution in [0.5, 0.6) is 0 Å². The van der Waals surface area contributed by atoms with Gasteiger partial charge in [-0.25, -0.2) is 14.8 Å². The fourth-order valence-electron chi connectivity index (χ4n) is 3.01. The predicted molar refractivity (Wildman–Crippen MR) is 90.7 cm³/mol. The van der Waals surface area contributed by atoms with E-state index in [0.29, 0.717) is 5.69 Å². The second-order valence-corrected chi connectivity index (χ2v) is 6.57. The second-order valence-electron chi connectivity index (χ2n) is 5.68. The number of imidazole rings is 1. The molecular formula is C15H17N7OS. The van der Waals surface area contributed by atoms with Crippen LogP contribution < -0.4 is 5.32 Å². The number of likely N-dealkylation sites (tertiary alicyclic amines) is 1. The third-order valence-electron chi connectivity index (χ3n) is 4.15. The summed E-state index contributed by atoms with van der Waals surface area (Å²) < 4.78 is 2.01. The zero-order valence-electron chi connectivity index (χ0n) is 12.9. The summed E-state index contributed by atoms with van der Waals surface area (Å²) in [6.07, 6.45) is 10.8. The molecule has 2 amide bonds. The first-order chi connectivity index (χ1) is 11.8. The summed E-state index contributed by atoms with van der Waals surface area (Å²) in [5, 5.41) is 12.6. The van der Waals surface area contributed by atoms with Crippen molar-refractivity contribution in [2.45, 2.75) is 25.4 Å². The minimum Gasteiger partial charge on any atom is -0.335 e. The number of anilines is 1. The van der Waals surface area contributed by atoms with Gasteiger partial charge in [-0.1, -0.05) is 0 Å². The Morgan fingerprint density at radius 3 is 3.21 bits per heavy atom. The average Bonchev–Trinajstić information content (AvgIpc) is 3.36. The van der Waals surface area contributed by atoms with E-state index in [9.17, 15) is 4.79 Å². The Morgan fingerprint density at radius 2 is 2.42 bits per heavy atom. The first kappa shape index (κ1) is 14.9. The summed E-state index contributed by atoms with van der Waals surface area (Å²) in [7, 11) is 0. The van der Waals surface area contributed by atoms with Gasteiger partial charge in [0.05, 0.1) is 24.3 Å². The molecule has 9 heteroatoms. The van der Waals surface area contributed by atoms with E-state index >= 15 is 0 Å². The largest absolute Gasteiger partial charge is 0.335 e. The molecule has 24 heavy (non-hydrogen) atoms. The predicted octanol–water partition coefficient (Wildman–Crippen LogP) is 2.43. The van der Waals surface area contributed by atoms with E-state index in [1.807, 2.05) is 21.0 Å². The first-order valence-electron chi connectivity index (χ1n) is 7.78. The molecule has 0 spiro atoms. The van der Waals surface area contributed by atoms with Crippen molar-refractivity contribution in [1.82, 2.24) is 29.6 Å². The number of aromatic nitrogens is 5. The topological polar surface area (TPSA) is 91.7 Å². The average molecular weight is 343 g/mol. The van der Waals surface area contributed by atoms with Crippen LogP contribution in [0, 0.1) is 0 Å². The van der Waals surface area contributed by atoms with Crippen LogP contribution in [0.4, 0.5) is 10.5 Å². The molecule has 1 fully saturated rings. The Kier molecular flexibility index (Phi) is 3.99. The normalized spacial score (nSPS) is 17.3. The summed E-state index contributed by atoms with van der Waals surface area (Å²) in [5.74, 6) is 0. The van der Waals surface area contributed by atoms with Crippen molar-refractivity contribution >= 4 is 23.1 Å². The lowest BCUT2D eigenvalue weighted by Crippen LogP contribution is -2.40. The zero-order chi connectivity index (χ0) is 16.4. The maximum absolute atomic E-state index is 12.7. The molecule has 3 aromatic heterocycles. The Bertz CT molecular complexity index is 796. The number of hydrogen-bond donors (Lipinski definition) is 2. The van der Waals surface area contributed by atoms with Gasteiger partial charge in [-0.05, 0) is 12.8 Å². The van der Waals surface area contributed by atoms with E-state index in [1.54, 1.807) is 24.9 Å². The number of nitrogens with zero attached hydrogens (tertiary/aromatic N) is 5. The summed E-state index contributed by atoms with van der Waals surface area (Å²) in [6.45, 7) is 1.52. The number of nitrogens with one attached hydrogen (secondary N) is 2. The highest BCUT2D eigenvalue weighted by Gasteiger charge is 2.29. The van der Waals surface area contributed by atoms with Crippen LogP contribution in [0.3, 0.4) is 0 Å².